The molecule has 6 heteroatoms. The van der Waals surface area contributed by atoms with E-state index in [1.807, 2.05) is 4.90 Å². The third-order valence-electron chi connectivity index (χ3n) is 2.80. The van der Waals surface area contributed by atoms with Gasteiger partial charge in [0, 0.05) is 30.9 Å². The maximum Gasteiger partial charge on any atom is 0.311 e. The topological polar surface area (TPSA) is 79.4 Å². The minimum absolute atomic E-state index is 0.0546. The number of methoxy groups -OCH3 is 1. The van der Waals surface area contributed by atoms with Crippen molar-refractivity contribution in [2.45, 2.75) is 20.3 Å². The first-order valence-electron chi connectivity index (χ1n) is 6.44. The summed E-state index contributed by atoms with van der Waals surface area (Å²) >= 11 is 0. The lowest BCUT2D eigenvalue weighted by molar-refractivity contribution is -0.385. The van der Waals surface area contributed by atoms with Crippen LogP contribution in [0.4, 0.5) is 11.4 Å². The van der Waals surface area contributed by atoms with Crippen molar-refractivity contribution in [1.82, 2.24) is 0 Å². The molecule has 0 saturated carbocycles. The van der Waals surface area contributed by atoms with Gasteiger partial charge in [-0.15, -0.1) is 0 Å². The summed E-state index contributed by atoms with van der Waals surface area (Å²) in [6, 6.07) is 6.90. The molecule has 1 aromatic rings. The summed E-state index contributed by atoms with van der Waals surface area (Å²) in [4.78, 5) is 12.5. The van der Waals surface area contributed by atoms with Crippen LogP contribution in [0.25, 0.3) is 0 Å². The molecule has 0 radical (unpaired) electrons. The van der Waals surface area contributed by atoms with Crippen LogP contribution in [0.2, 0.25) is 0 Å². The van der Waals surface area contributed by atoms with Crippen LogP contribution in [0.15, 0.2) is 18.2 Å². The predicted octanol–water partition coefficient (Wildman–Crippen LogP) is 2.98. The molecule has 108 valence electrons. The number of benzene rings is 1. The van der Waals surface area contributed by atoms with Crippen molar-refractivity contribution in [3.8, 4) is 11.8 Å². The van der Waals surface area contributed by atoms with E-state index in [0.29, 0.717) is 18.9 Å². The number of nitriles is 1. The maximum absolute atomic E-state index is 10.9. The molecule has 0 amide bonds. The summed E-state index contributed by atoms with van der Waals surface area (Å²) < 4.78 is 5.07. The Morgan fingerprint density at radius 3 is 2.70 bits per heavy atom. The number of hydrogen-bond acceptors (Lipinski definition) is 5. The molecule has 0 saturated heterocycles. The summed E-state index contributed by atoms with van der Waals surface area (Å²) in [5, 5.41) is 19.6. The molecule has 0 aliphatic rings. The Balaban J connectivity index is 3.07. The molecule has 0 unspecified atom stereocenters. The zero-order chi connectivity index (χ0) is 15.1. The first kappa shape index (κ1) is 15.8. The number of nitro benzene ring substituents is 1. The van der Waals surface area contributed by atoms with Gasteiger partial charge in [0.05, 0.1) is 24.5 Å². The molecule has 0 fully saturated rings. The van der Waals surface area contributed by atoms with E-state index in [9.17, 15) is 10.1 Å². The summed E-state index contributed by atoms with van der Waals surface area (Å²) in [6.45, 7) is 5.54. The highest BCUT2D eigenvalue weighted by molar-refractivity contribution is 5.59. The van der Waals surface area contributed by atoms with Crippen LogP contribution in [0.1, 0.15) is 20.3 Å². The fourth-order valence-electron chi connectivity index (χ4n) is 1.97. The van der Waals surface area contributed by atoms with E-state index in [2.05, 4.69) is 19.9 Å². The summed E-state index contributed by atoms with van der Waals surface area (Å²) in [7, 11) is 1.41. The first-order valence-corrected chi connectivity index (χ1v) is 6.44. The van der Waals surface area contributed by atoms with Crippen LogP contribution in [0, 0.1) is 27.4 Å². The summed E-state index contributed by atoms with van der Waals surface area (Å²) in [6.07, 6.45) is 0.409. The molecule has 0 aliphatic heterocycles. The minimum Gasteiger partial charge on any atom is -0.490 e. The number of ether oxygens (including phenoxy) is 1. The molecular weight excluding hydrogens is 258 g/mol. The highest BCUT2D eigenvalue weighted by atomic mass is 16.6. The zero-order valence-electron chi connectivity index (χ0n) is 12.0. The van der Waals surface area contributed by atoms with E-state index in [0.717, 1.165) is 12.2 Å². The second-order valence-electron chi connectivity index (χ2n) is 4.86. The van der Waals surface area contributed by atoms with Crippen molar-refractivity contribution in [2.75, 3.05) is 25.1 Å². The fraction of sp³-hybridized carbons (Fsp3) is 0.500. The van der Waals surface area contributed by atoms with Crippen molar-refractivity contribution in [3.63, 3.8) is 0 Å². The molecule has 0 bridgehead atoms. The van der Waals surface area contributed by atoms with E-state index in [1.54, 1.807) is 12.1 Å². The second kappa shape index (κ2) is 7.34. The van der Waals surface area contributed by atoms with Crippen LogP contribution in [-0.4, -0.2) is 25.1 Å². The Kier molecular flexibility index (Phi) is 5.78. The van der Waals surface area contributed by atoms with E-state index in [4.69, 9.17) is 10.00 Å². The molecule has 1 rings (SSSR count). The number of hydrogen-bond donors (Lipinski definition) is 0. The third-order valence-corrected chi connectivity index (χ3v) is 2.80. The van der Waals surface area contributed by atoms with Crippen molar-refractivity contribution in [1.29, 1.82) is 5.26 Å². The molecule has 1 aromatic carbocycles. The lowest BCUT2D eigenvalue weighted by Crippen LogP contribution is -2.28. The van der Waals surface area contributed by atoms with Gasteiger partial charge in [0.15, 0.2) is 5.75 Å². The zero-order valence-corrected chi connectivity index (χ0v) is 12.0. The van der Waals surface area contributed by atoms with Crippen molar-refractivity contribution in [2.24, 2.45) is 5.92 Å². The van der Waals surface area contributed by atoms with Crippen molar-refractivity contribution < 1.29 is 9.66 Å². The van der Waals surface area contributed by atoms with Gasteiger partial charge >= 0.3 is 5.69 Å². The van der Waals surface area contributed by atoms with Gasteiger partial charge in [-0.2, -0.15) is 5.26 Å². The average molecular weight is 277 g/mol. The summed E-state index contributed by atoms with van der Waals surface area (Å²) in [5.74, 6) is 0.660. The molecule has 0 N–H and O–H groups in total. The van der Waals surface area contributed by atoms with Gasteiger partial charge in [0.1, 0.15) is 0 Å². The molecule has 0 aromatic heterocycles. The molecule has 20 heavy (non-hydrogen) atoms. The highest BCUT2D eigenvalue weighted by Crippen LogP contribution is 2.31. The highest BCUT2D eigenvalue weighted by Gasteiger charge is 2.17. The normalized spacial score (nSPS) is 10.2. The van der Waals surface area contributed by atoms with Gasteiger partial charge in [-0.1, -0.05) is 13.8 Å². The Morgan fingerprint density at radius 1 is 1.50 bits per heavy atom. The van der Waals surface area contributed by atoms with Gasteiger partial charge in [0.25, 0.3) is 0 Å². The lowest BCUT2D eigenvalue weighted by atomic mass is 10.1. The summed E-state index contributed by atoms with van der Waals surface area (Å²) in [5.41, 5.74) is 0.775. The standard InChI is InChI=1S/C14H19N3O3/c1-11(2)10-16(8-4-7-15)12-5-6-13(17(18)19)14(9-12)20-3/h5-6,9,11H,4,8,10H2,1-3H3. The number of anilines is 1. The molecule has 6 nitrogen and oxygen atoms in total. The Labute approximate surface area is 118 Å². The SMILES string of the molecule is COc1cc(N(CCC#N)CC(C)C)ccc1[N+](=O)[O-]. The van der Waals surface area contributed by atoms with Gasteiger partial charge in [-0.05, 0) is 12.0 Å². The fourth-order valence-corrected chi connectivity index (χ4v) is 1.97. The van der Waals surface area contributed by atoms with Gasteiger partial charge < -0.3 is 9.64 Å². The van der Waals surface area contributed by atoms with Crippen molar-refractivity contribution >= 4 is 11.4 Å². The number of rotatable bonds is 7. The Bertz CT molecular complexity index is 509. The monoisotopic (exact) mass is 277 g/mol. The number of nitro groups is 1. The van der Waals surface area contributed by atoms with Gasteiger partial charge in [-0.25, -0.2) is 0 Å². The Hall–Kier alpha value is -2.29. The van der Waals surface area contributed by atoms with Crippen LogP contribution in [0.5, 0.6) is 5.75 Å². The quantitative estimate of drug-likeness (QED) is 0.565. The van der Waals surface area contributed by atoms with Crippen LogP contribution in [-0.2, 0) is 0 Å². The third kappa shape index (κ3) is 4.12. The molecule has 0 aliphatic carbocycles. The molecular formula is C14H19N3O3. The van der Waals surface area contributed by atoms with E-state index in [1.165, 1.54) is 13.2 Å². The van der Waals surface area contributed by atoms with Crippen molar-refractivity contribution in [3.05, 3.63) is 28.3 Å². The lowest BCUT2D eigenvalue weighted by Gasteiger charge is -2.26. The largest absolute Gasteiger partial charge is 0.490 e. The van der Waals surface area contributed by atoms with Gasteiger partial charge in [-0.3, -0.25) is 10.1 Å². The van der Waals surface area contributed by atoms with Crippen LogP contribution >= 0.6 is 0 Å². The predicted molar refractivity (Wildman–Crippen MR) is 76.9 cm³/mol. The first-order chi connectivity index (χ1) is 9.49. The molecule has 0 spiro atoms. The molecule has 0 heterocycles. The number of nitrogens with zero attached hydrogens (tertiary/aromatic N) is 3. The minimum atomic E-state index is -0.468. The van der Waals surface area contributed by atoms with Crippen LogP contribution in [0.3, 0.4) is 0 Å². The van der Waals surface area contributed by atoms with Crippen LogP contribution < -0.4 is 9.64 Å². The maximum atomic E-state index is 10.9. The van der Waals surface area contributed by atoms with E-state index in [-0.39, 0.29) is 11.4 Å². The Morgan fingerprint density at radius 2 is 2.20 bits per heavy atom. The average Bonchev–Trinajstić information content (AvgIpc) is 2.42. The second-order valence-corrected chi connectivity index (χ2v) is 4.86. The van der Waals surface area contributed by atoms with Gasteiger partial charge in [0.2, 0.25) is 0 Å². The smallest absolute Gasteiger partial charge is 0.311 e. The van der Waals surface area contributed by atoms with E-state index >= 15 is 0 Å². The van der Waals surface area contributed by atoms with E-state index < -0.39 is 4.92 Å². The molecule has 0 atom stereocenters.